The summed E-state index contributed by atoms with van der Waals surface area (Å²) in [4.78, 5) is 20.1. The van der Waals surface area contributed by atoms with Gasteiger partial charge in [0.15, 0.2) is 5.96 Å². The van der Waals surface area contributed by atoms with Crippen LogP contribution in [-0.4, -0.2) is 42.5 Å². The number of aliphatic imine (C=N–C) groups is 1. The average molecular weight is 277 g/mol. The molecule has 6 nitrogen and oxygen atoms in total. The number of amides is 1. The molecule has 0 fully saturated rings. The largest absolute Gasteiger partial charge is 0.357 e. The van der Waals surface area contributed by atoms with Crippen molar-refractivity contribution < 1.29 is 4.79 Å². The Kier molecular flexibility index (Phi) is 7.10. The van der Waals surface area contributed by atoms with E-state index in [0.717, 1.165) is 12.5 Å². The number of nitrogens with zero attached hydrogens (tertiary/aromatic N) is 2. The van der Waals surface area contributed by atoms with Crippen LogP contribution in [-0.2, 0) is 0 Å². The van der Waals surface area contributed by atoms with Crippen molar-refractivity contribution in [1.82, 2.24) is 20.9 Å². The molecule has 0 aliphatic rings. The third-order valence-corrected chi connectivity index (χ3v) is 2.36. The van der Waals surface area contributed by atoms with Crippen LogP contribution in [0.2, 0.25) is 0 Å². The normalized spacial score (nSPS) is 11.3. The molecule has 0 saturated carbocycles. The molecule has 110 valence electrons. The SMILES string of the molecule is CCNC(=NCCNC(=O)c1cccnc1)NC(C)C. The maximum Gasteiger partial charge on any atom is 0.252 e. The van der Waals surface area contributed by atoms with Gasteiger partial charge in [0.1, 0.15) is 0 Å². The molecule has 0 bridgehead atoms. The van der Waals surface area contributed by atoms with E-state index >= 15 is 0 Å². The van der Waals surface area contributed by atoms with Gasteiger partial charge in [-0.25, -0.2) is 0 Å². The number of hydrogen-bond acceptors (Lipinski definition) is 3. The van der Waals surface area contributed by atoms with Gasteiger partial charge >= 0.3 is 0 Å². The zero-order valence-corrected chi connectivity index (χ0v) is 12.3. The van der Waals surface area contributed by atoms with Crippen LogP contribution in [0.15, 0.2) is 29.5 Å². The standard InChI is InChI=1S/C14H23N5O/c1-4-16-14(19-11(2)3)18-9-8-17-13(20)12-6-5-7-15-10-12/h5-7,10-11H,4,8-9H2,1-3H3,(H,17,20)(H2,16,18,19). The predicted octanol–water partition coefficient (Wildman–Crippen LogP) is 0.775. The van der Waals surface area contributed by atoms with Crippen molar-refractivity contribution in [3.05, 3.63) is 30.1 Å². The van der Waals surface area contributed by atoms with Gasteiger partial charge in [-0.05, 0) is 32.9 Å². The molecule has 0 unspecified atom stereocenters. The van der Waals surface area contributed by atoms with Crippen molar-refractivity contribution in [2.45, 2.75) is 26.8 Å². The lowest BCUT2D eigenvalue weighted by atomic mass is 10.3. The second kappa shape index (κ2) is 8.90. The molecule has 0 aliphatic carbocycles. The highest BCUT2D eigenvalue weighted by Crippen LogP contribution is 1.94. The first kappa shape index (κ1) is 15.9. The third-order valence-electron chi connectivity index (χ3n) is 2.36. The number of carbonyl (C=O) groups is 1. The Morgan fingerprint density at radius 2 is 2.20 bits per heavy atom. The van der Waals surface area contributed by atoms with E-state index in [9.17, 15) is 4.79 Å². The Morgan fingerprint density at radius 1 is 1.40 bits per heavy atom. The van der Waals surface area contributed by atoms with Crippen LogP contribution >= 0.6 is 0 Å². The molecule has 1 rings (SSSR count). The van der Waals surface area contributed by atoms with E-state index in [-0.39, 0.29) is 5.91 Å². The lowest BCUT2D eigenvalue weighted by molar-refractivity contribution is 0.0954. The van der Waals surface area contributed by atoms with Crippen LogP contribution in [0.1, 0.15) is 31.1 Å². The van der Waals surface area contributed by atoms with Crippen LogP contribution in [0, 0.1) is 0 Å². The predicted molar refractivity (Wildman–Crippen MR) is 80.8 cm³/mol. The summed E-state index contributed by atoms with van der Waals surface area (Å²) in [6.45, 7) is 7.94. The number of hydrogen-bond donors (Lipinski definition) is 3. The second-order valence-electron chi connectivity index (χ2n) is 4.56. The minimum atomic E-state index is -0.130. The Labute approximate surface area is 120 Å². The van der Waals surface area contributed by atoms with Gasteiger partial charge < -0.3 is 16.0 Å². The van der Waals surface area contributed by atoms with Crippen molar-refractivity contribution in [2.75, 3.05) is 19.6 Å². The van der Waals surface area contributed by atoms with Crippen LogP contribution in [0.4, 0.5) is 0 Å². The molecule has 0 aromatic carbocycles. The van der Waals surface area contributed by atoms with Gasteiger partial charge in [-0.3, -0.25) is 14.8 Å². The fourth-order valence-corrected chi connectivity index (χ4v) is 1.53. The topological polar surface area (TPSA) is 78.4 Å². The molecule has 20 heavy (non-hydrogen) atoms. The number of pyridine rings is 1. The second-order valence-corrected chi connectivity index (χ2v) is 4.56. The summed E-state index contributed by atoms with van der Waals surface area (Å²) in [6, 6.07) is 3.79. The van der Waals surface area contributed by atoms with E-state index in [1.165, 1.54) is 0 Å². The van der Waals surface area contributed by atoms with Crippen molar-refractivity contribution in [3.63, 3.8) is 0 Å². The Balaban J connectivity index is 2.37. The third kappa shape index (κ3) is 6.17. The molecule has 3 N–H and O–H groups in total. The molecule has 1 aromatic rings. The number of nitrogens with one attached hydrogen (secondary N) is 3. The highest BCUT2D eigenvalue weighted by Gasteiger charge is 2.03. The van der Waals surface area contributed by atoms with Gasteiger partial charge in [-0.2, -0.15) is 0 Å². The van der Waals surface area contributed by atoms with Crippen LogP contribution < -0.4 is 16.0 Å². The fourth-order valence-electron chi connectivity index (χ4n) is 1.53. The Morgan fingerprint density at radius 3 is 2.80 bits per heavy atom. The van der Waals surface area contributed by atoms with Crippen molar-refractivity contribution in [2.24, 2.45) is 4.99 Å². The number of aromatic nitrogens is 1. The molecule has 0 aliphatic heterocycles. The van der Waals surface area contributed by atoms with Crippen LogP contribution in [0.3, 0.4) is 0 Å². The molecular formula is C14H23N5O. The van der Waals surface area contributed by atoms with Crippen molar-refractivity contribution >= 4 is 11.9 Å². The van der Waals surface area contributed by atoms with Crippen LogP contribution in [0.5, 0.6) is 0 Å². The summed E-state index contributed by atoms with van der Waals surface area (Å²) in [5.41, 5.74) is 0.559. The van der Waals surface area contributed by atoms with Gasteiger partial charge in [0, 0.05) is 31.5 Å². The average Bonchev–Trinajstić information content (AvgIpc) is 2.44. The summed E-state index contributed by atoms with van der Waals surface area (Å²) in [6.07, 6.45) is 3.18. The Hall–Kier alpha value is -2.11. The summed E-state index contributed by atoms with van der Waals surface area (Å²) in [7, 11) is 0. The molecule has 6 heteroatoms. The molecular weight excluding hydrogens is 254 g/mol. The zero-order valence-electron chi connectivity index (χ0n) is 12.3. The van der Waals surface area contributed by atoms with Gasteiger partial charge in [0.05, 0.1) is 12.1 Å². The summed E-state index contributed by atoms with van der Waals surface area (Å²) in [5, 5.41) is 9.17. The quantitative estimate of drug-likeness (QED) is 0.408. The van der Waals surface area contributed by atoms with E-state index in [4.69, 9.17) is 0 Å². The highest BCUT2D eigenvalue weighted by molar-refractivity contribution is 5.93. The van der Waals surface area contributed by atoms with E-state index in [1.54, 1.807) is 24.5 Å². The van der Waals surface area contributed by atoms with Gasteiger partial charge in [0.25, 0.3) is 5.91 Å². The molecule has 0 spiro atoms. The van der Waals surface area contributed by atoms with Crippen molar-refractivity contribution in [1.29, 1.82) is 0 Å². The summed E-state index contributed by atoms with van der Waals surface area (Å²) >= 11 is 0. The molecule has 1 amide bonds. The molecule has 0 saturated heterocycles. The molecule has 0 atom stereocenters. The van der Waals surface area contributed by atoms with Crippen molar-refractivity contribution in [3.8, 4) is 0 Å². The smallest absolute Gasteiger partial charge is 0.252 e. The zero-order chi connectivity index (χ0) is 14.8. The maximum atomic E-state index is 11.8. The molecule has 1 aromatic heterocycles. The Bertz CT molecular complexity index is 430. The monoisotopic (exact) mass is 277 g/mol. The summed E-state index contributed by atoms with van der Waals surface area (Å²) in [5.74, 6) is 0.633. The first-order valence-electron chi connectivity index (χ1n) is 6.86. The molecule has 1 heterocycles. The lowest BCUT2D eigenvalue weighted by Gasteiger charge is -2.13. The number of guanidine groups is 1. The van der Waals surface area contributed by atoms with E-state index in [1.807, 2.05) is 6.92 Å². The van der Waals surface area contributed by atoms with Crippen LogP contribution in [0.25, 0.3) is 0 Å². The number of rotatable bonds is 6. The fraction of sp³-hybridized carbons (Fsp3) is 0.500. The minimum absolute atomic E-state index is 0.130. The highest BCUT2D eigenvalue weighted by atomic mass is 16.1. The minimum Gasteiger partial charge on any atom is -0.357 e. The van der Waals surface area contributed by atoms with Gasteiger partial charge in [-0.15, -0.1) is 0 Å². The van der Waals surface area contributed by atoms with E-state index < -0.39 is 0 Å². The lowest BCUT2D eigenvalue weighted by Crippen LogP contribution is -2.41. The van der Waals surface area contributed by atoms with E-state index in [0.29, 0.717) is 24.7 Å². The first-order chi connectivity index (χ1) is 9.63. The summed E-state index contributed by atoms with van der Waals surface area (Å²) < 4.78 is 0. The first-order valence-corrected chi connectivity index (χ1v) is 6.86. The van der Waals surface area contributed by atoms with Gasteiger partial charge in [0.2, 0.25) is 0 Å². The number of carbonyl (C=O) groups excluding carboxylic acids is 1. The van der Waals surface area contributed by atoms with E-state index in [2.05, 4.69) is 39.8 Å². The maximum absolute atomic E-state index is 11.8. The molecule has 0 radical (unpaired) electrons. The van der Waals surface area contributed by atoms with Gasteiger partial charge in [-0.1, -0.05) is 0 Å².